The Morgan fingerprint density at radius 1 is 0.722 bits per heavy atom. The fraction of sp³-hybridized carbons (Fsp3) is 0.400. The SMILES string of the molecule is CO[C@H]1O[C@@]2(C[C@@H]2CO)[C@@H](OCc2ccccc2)[C@H](OCc2ccccc2)[C@H]1OCc1ccccc1. The van der Waals surface area contributed by atoms with Crippen LogP contribution in [0.3, 0.4) is 0 Å². The maximum Gasteiger partial charge on any atom is 0.186 e. The van der Waals surface area contributed by atoms with Gasteiger partial charge in [-0.3, -0.25) is 0 Å². The number of hydrogen-bond acceptors (Lipinski definition) is 6. The molecule has 1 N–H and O–H groups in total. The Bertz CT molecular complexity index is 1060. The third-order valence-corrected chi connectivity index (χ3v) is 7.10. The fourth-order valence-corrected chi connectivity index (χ4v) is 5.06. The van der Waals surface area contributed by atoms with E-state index in [-0.39, 0.29) is 12.5 Å². The van der Waals surface area contributed by atoms with Gasteiger partial charge >= 0.3 is 0 Å². The predicted octanol–water partition coefficient (Wildman–Crippen LogP) is 4.50. The first-order chi connectivity index (χ1) is 17.7. The first-order valence-corrected chi connectivity index (χ1v) is 12.5. The van der Waals surface area contributed by atoms with Crippen LogP contribution in [0.25, 0.3) is 0 Å². The summed E-state index contributed by atoms with van der Waals surface area (Å²) in [5.41, 5.74) is 2.49. The summed E-state index contributed by atoms with van der Waals surface area (Å²) in [4.78, 5) is 0. The van der Waals surface area contributed by atoms with Crippen LogP contribution in [0.1, 0.15) is 23.1 Å². The summed E-state index contributed by atoms with van der Waals surface area (Å²) in [6.07, 6.45) is -1.40. The van der Waals surface area contributed by atoms with Crippen LogP contribution in [0.2, 0.25) is 0 Å². The number of benzene rings is 3. The van der Waals surface area contributed by atoms with Crippen LogP contribution in [0.5, 0.6) is 0 Å². The van der Waals surface area contributed by atoms with Crippen molar-refractivity contribution >= 4 is 0 Å². The van der Waals surface area contributed by atoms with Crippen molar-refractivity contribution in [2.45, 2.75) is 56.4 Å². The van der Waals surface area contributed by atoms with Gasteiger partial charge in [0.1, 0.15) is 23.9 Å². The maximum absolute atomic E-state index is 10.0. The second-order valence-electron chi connectivity index (χ2n) is 9.50. The van der Waals surface area contributed by atoms with Crippen molar-refractivity contribution < 1.29 is 28.8 Å². The molecule has 1 spiro atoms. The molecule has 6 atom stereocenters. The van der Waals surface area contributed by atoms with Gasteiger partial charge in [0.05, 0.1) is 19.8 Å². The number of ether oxygens (including phenoxy) is 5. The number of aliphatic hydroxyl groups is 1. The average molecular weight is 491 g/mol. The molecule has 0 radical (unpaired) electrons. The number of aliphatic hydroxyl groups excluding tert-OH is 1. The van der Waals surface area contributed by atoms with Gasteiger partial charge < -0.3 is 28.8 Å². The van der Waals surface area contributed by atoms with Gasteiger partial charge in [-0.2, -0.15) is 0 Å². The van der Waals surface area contributed by atoms with Crippen LogP contribution in [0.15, 0.2) is 91.0 Å². The van der Waals surface area contributed by atoms with Gasteiger partial charge in [0.25, 0.3) is 0 Å². The van der Waals surface area contributed by atoms with Gasteiger partial charge in [-0.25, -0.2) is 0 Å². The number of rotatable bonds is 11. The minimum Gasteiger partial charge on any atom is -0.396 e. The van der Waals surface area contributed by atoms with E-state index >= 15 is 0 Å². The first-order valence-electron chi connectivity index (χ1n) is 12.5. The van der Waals surface area contributed by atoms with Gasteiger partial charge in [0.2, 0.25) is 0 Å². The van der Waals surface area contributed by atoms with E-state index in [0.29, 0.717) is 26.2 Å². The molecule has 1 saturated carbocycles. The van der Waals surface area contributed by atoms with E-state index in [1.54, 1.807) is 7.11 Å². The topological polar surface area (TPSA) is 66.4 Å². The van der Waals surface area contributed by atoms with Crippen molar-refractivity contribution in [1.29, 1.82) is 0 Å². The van der Waals surface area contributed by atoms with Crippen LogP contribution in [-0.2, 0) is 43.5 Å². The third-order valence-electron chi connectivity index (χ3n) is 7.10. The van der Waals surface area contributed by atoms with E-state index < -0.39 is 30.2 Å². The molecule has 2 aliphatic rings. The van der Waals surface area contributed by atoms with Crippen molar-refractivity contribution in [1.82, 2.24) is 0 Å². The van der Waals surface area contributed by atoms with Crippen LogP contribution in [0.4, 0.5) is 0 Å². The summed E-state index contributed by atoms with van der Waals surface area (Å²) in [6.45, 7) is 1.21. The van der Waals surface area contributed by atoms with Gasteiger partial charge in [0.15, 0.2) is 6.29 Å². The zero-order chi connectivity index (χ0) is 24.8. The summed E-state index contributed by atoms with van der Waals surface area (Å²) in [5.74, 6) is -0.0474. The first kappa shape index (κ1) is 25.1. The minimum absolute atomic E-state index is 0.0164. The summed E-state index contributed by atoms with van der Waals surface area (Å²) in [5, 5.41) is 10.0. The van der Waals surface area contributed by atoms with Gasteiger partial charge in [-0.1, -0.05) is 91.0 Å². The molecule has 2 fully saturated rings. The lowest BCUT2D eigenvalue weighted by Gasteiger charge is -2.46. The molecule has 0 amide bonds. The molecule has 5 rings (SSSR count). The highest BCUT2D eigenvalue weighted by atomic mass is 16.7. The summed E-state index contributed by atoms with van der Waals surface area (Å²) >= 11 is 0. The molecule has 1 saturated heterocycles. The van der Waals surface area contributed by atoms with Gasteiger partial charge in [0, 0.05) is 19.6 Å². The monoisotopic (exact) mass is 490 g/mol. The van der Waals surface area contributed by atoms with E-state index in [1.165, 1.54) is 0 Å². The highest BCUT2D eigenvalue weighted by Crippen LogP contribution is 2.55. The maximum atomic E-state index is 10.0. The van der Waals surface area contributed by atoms with E-state index in [1.807, 2.05) is 91.0 Å². The Kier molecular flexibility index (Phi) is 8.12. The second kappa shape index (κ2) is 11.6. The lowest BCUT2D eigenvalue weighted by atomic mass is 9.94. The minimum atomic E-state index is -0.682. The molecule has 1 aliphatic heterocycles. The largest absolute Gasteiger partial charge is 0.396 e. The van der Waals surface area contributed by atoms with Crippen molar-refractivity contribution in [3.63, 3.8) is 0 Å². The molecular weight excluding hydrogens is 456 g/mol. The molecule has 0 unspecified atom stereocenters. The predicted molar refractivity (Wildman–Crippen MR) is 135 cm³/mol. The molecular formula is C30H34O6. The molecule has 36 heavy (non-hydrogen) atoms. The van der Waals surface area contributed by atoms with E-state index in [0.717, 1.165) is 16.7 Å². The van der Waals surface area contributed by atoms with Gasteiger partial charge in [-0.15, -0.1) is 0 Å². The Balaban J connectivity index is 1.42. The van der Waals surface area contributed by atoms with E-state index in [4.69, 9.17) is 23.7 Å². The Hall–Kier alpha value is -2.58. The normalized spacial score (nSPS) is 29.3. The number of methoxy groups -OCH3 is 1. The summed E-state index contributed by atoms with van der Waals surface area (Å²) < 4.78 is 31.9. The molecule has 3 aromatic rings. The molecule has 6 heteroatoms. The van der Waals surface area contributed by atoms with Crippen molar-refractivity contribution in [3.05, 3.63) is 108 Å². The summed E-state index contributed by atoms with van der Waals surface area (Å²) in [7, 11) is 1.62. The van der Waals surface area contributed by atoms with E-state index in [9.17, 15) is 5.11 Å². The standard InChI is InChI=1S/C30H34O6/c1-32-29-27(34-20-23-13-7-3-8-14-23)26(33-19-22-11-5-2-6-12-22)28(30(36-29)17-25(30)18-31)35-21-24-15-9-4-10-16-24/h2-16,25-29,31H,17-21H2,1H3/t25-,26-,27-,28+,29+,30-/m1/s1. The smallest absolute Gasteiger partial charge is 0.186 e. The highest BCUT2D eigenvalue weighted by molar-refractivity contribution is 5.19. The second-order valence-corrected chi connectivity index (χ2v) is 9.50. The summed E-state index contributed by atoms with van der Waals surface area (Å²) in [6, 6.07) is 30.1. The molecule has 1 heterocycles. The lowest BCUT2D eigenvalue weighted by molar-refractivity contribution is -0.330. The van der Waals surface area contributed by atoms with Crippen LogP contribution < -0.4 is 0 Å². The van der Waals surface area contributed by atoms with Crippen LogP contribution in [-0.4, -0.2) is 49.0 Å². The quantitative estimate of drug-likeness (QED) is 0.427. The van der Waals surface area contributed by atoms with Crippen molar-refractivity contribution in [2.24, 2.45) is 5.92 Å². The zero-order valence-corrected chi connectivity index (χ0v) is 20.6. The Labute approximate surface area is 212 Å². The Morgan fingerprint density at radius 3 is 1.64 bits per heavy atom. The molecule has 3 aromatic carbocycles. The zero-order valence-electron chi connectivity index (χ0n) is 20.6. The fourth-order valence-electron chi connectivity index (χ4n) is 5.06. The van der Waals surface area contributed by atoms with E-state index in [2.05, 4.69) is 0 Å². The van der Waals surface area contributed by atoms with Crippen molar-refractivity contribution in [2.75, 3.05) is 13.7 Å². The van der Waals surface area contributed by atoms with Crippen LogP contribution >= 0.6 is 0 Å². The van der Waals surface area contributed by atoms with Gasteiger partial charge in [-0.05, 0) is 23.1 Å². The lowest BCUT2D eigenvalue weighted by Crippen LogP contribution is -2.62. The highest BCUT2D eigenvalue weighted by Gasteiger charge is 2.69. The molecule has 0 bridgehead atoms. The molecule has 1 aliphatic carbocycles. The molecule has 0 aromatic heterocycles. The Morgan fingerprint density at radius 2 is 1.19 bits per heavy atom. The van der Waals surface area contributed by atoms with Crippen LogP contribution in [0, 0.1) is 5.92 Å². The third kappa shape index (κ3) is 5.54. The number of hydrogen-bond donors (Lipinski definition) is 1. The van der Waals surface area contributed by atoms with Crippen molar-refractivity contribution in [3.8, 4) is 0 Å². The average Bonchev–Trinajstić information content (AvgIpc) is 3.65. The molecule has 190 valence electrons. The molecule has 6 nitrogen and oxygen atoms in total.